The van der Waals surface area contributed by atoms with Crippen LogP contribution in [0.3, 0.4) is 0 Å². The molecule has 2 aromatic carbocycles. The van der Waals surface area contributed by atoms with E-state index in [-0.39, 0.29) is 5.91 Å². The molecule has 2 aromatic heterocycles. The molecule has 0 aliphatic heterocycles. The van der Waals surface area contributed by atoms with Gasteiger partial charge in [0.15, 0.2) is 0 Å². The number of rotatable bonds is 3. The molecule has 0 saturated carbocycles. The number of hydrogen-bond acceptors (Lipinski definition) is 4. The SMILES string of the molecule is COc1ccc2cc3cc(C(=O)Nc4ccc(C)cc4Cl)sc3nc2c1. The van der Waals surface area contributed by atoms with Gasteiger partial charge in [0, 0.05) is 16.8 Å². The lowest BCUT2D eigenvalue weighted by atomic mass is 10.2. The van der Waals surface area contributed by atoms with Gasteiger partial charge < -0.3 is 10.1 Å². The summed E-state index contributed by atoms with van der Waals surface area (Å²) >= 11 is 7.56. The molecular weight excluding hydrogens is 368 g/mol. The number of aryl methyl sites for hydroxylation is 1. The second-order valence-electron chi connectivity index (χ2n) is 5.99. The molecule has 4 nitrogen and oxygen atoms in total. The van der Waals surface area contributed by atoms with Crippen molar-refractivity contribution in [2.45, 2.75) is 6.92 Å². The van der Waals surface area contributed by atoms with E-state index in [9.17, 15) is 4.79 Å². The van der Waals surface area contributed by atoms with Crippen LogP contribution >= 0.6 is 22.9 Å². The van der Waals surface area contributed by atoms with Gasteiger partial charge in [0.05, 0.1) is 28.2 Å². The van der Waals surface area contributed by atoms with Gasteiger partial charge >= 0.3 is 0 Å². The van der Waals surface area contributed by atoms with Crippen molar-refractivity contribution in [2.24, 2.45) is 0 Å². The molecule has 1 N–H and O–H groups in total. The normalized spacial score (nSPS) is 11.0. The summed E-state index contributed by atoms with van der Waals surface area (Å²) in [5.74, 6) is 0.563. The van der Waals surface area contributed by atoms with Gasteiger partial charge in [-0.25, -0.2) is 4.98 Å². The quantitative estimate of drug-likeness (QED) is 0.496. The number of aromatic nitrogens is 1. The Morgan fingerprint density at radius 2 is 1.96 bits per heavy atom. The Morgan fingerprint density at radius 1 is 1.12 bits per heavy atom. The first-order valence-electron chi connectivity index (χ1n) is 7.99. The fraction of sp³-hybridized carbons (Fsp3) is 0.100. The van der Waals surface area contributed by atoms with E-state index in [0.29, 0.717) is 15.6 Å². The molecule has 0 unspecified atom stereocenters. The lowest BCUT2D eigenvalue weighted by Crippen LogP contribution is -2.10. The van der Waals surface area contributed by atoms with Crippen LogP contribution in [0.5, 0.6) is 5.75 Å². The third-order valence-corrected chi connectivity index (χ3v) is 5.46. The fourth-order valence-corrected chi connectivity index (χ4v) is 3.95. The largest absolute Gasteiger partial charge is 0.497 e. The first-order valence-corrected chi connectivity index (χ1v) is 9.19. The lowest BCUT2D eigenvalue weighted by Gasteiger charge is -2.06. The average Bonchev–Trinajstić information content (AvgIpc) is 3.04. The summed E-state index contributed by atoms with van der Waals surface area (Å²) in [6.45, 7) is 1.95. The summed E-state index contributed by atoms with van der Waals surface area (Å²) in [7, 11) is 1.63. The number of carbonyl (C=O) groups is 1. The van der Waals surface area contributed by atoms with Gasteiger partial charge in [-0.2, -0.15) is 0 Å². The molecule has 6 heteroatoms. The topological polar surface area (TPSA) is 51.2 Å². The number of anilines is 1. The summed E-state index contributed by atoms with van der Waals surface area (Å²) in [4.78, 5) is 18.7. The Balaban J connectivity index is 1.69. The summed E-state index contributed by atoms with van der Waals surface area (Å²) in [5, 5.41) is 5.33. The number of halogens is 1. The Kier molecular flexibility index (Phi) is 4.26. The van der Waals surface area contributed by atoms with Crippen LogP contribution in [0.15, 0.2) is 48.5 Å². The molecule has 2 heterocycles. The summed E-state index contributed by atoms with van der Waals surface area (Å²) in [6.07, 6.45) is 0. The van der Waals surface area contributed by atoms with Gasteiger partial charge in [0.25, 0.3) is 5.91 Å². The minimum Gasteiger partial charge on any atom is -0.497 e. The highest BCUT2D eigenvalue weighted by molar-refractivity contribution is 7.20. The predicted octanol–water partition coefficient (Wildman–Crippen LogP) is 5.67. The number of nitrogens with one attached hydrogen (secondary N) is 1. The first kappa shape index (κ1) is 16.8. The molecule has 0 saturated heterocycles. The molecule has 1 amide bonds. The van der Waals surface area contributed by atoms with Crippen molar-refractivity contribution >= 4 is 55.7 Å². The number of carbonyl (C=O) groups excluding carboxylic acids is 1. The number of benzene rings is 2. The monoisotopic (exact) mass is 382 g/mol. The highest BCUT2D eigenvalue weighted by Gasteiger charge is 2.14. The number of thiophene rings is 1. The third-order valence-electron chi connectivity index (χ3n) is 4.11. The van der Waals surface area contributed by atoms with E-state index in [1.807, 2.05) is 55.5 Å². The number of amides is 1. The van der Waals surface area contributed by atoms with E-state index in [1.165, 1.54) is 11.3 Å². The highest BCUT2D eigenvalue weighted by Crippen LogP contribution is 2.30. The maximum Gasteiger partial charge on any atom is 0.265 e. The first-order chi connectivity index (χ1) is 12.5. The van der Waals surface area contributed by atoms with Crippen molar-refractivity contribution in [3.05, 3.63) is 64.0 Å². The molecule has 0 bridgehead atoms. The van der Waals surface area contributed by atoms with Crippen LogP contribution in [-0.2, 0) is 0 Å². The van der Waals surface area contributed by atoms with Crippen LogP contribution in [0.25, 0.3) is 21.1 Å². The summed E-state index contributed by atoms with van der Waals surface area (Å²) in [6, 6.07) is 15.2. The van der Waals surface area contributed by atoms with Gasteiger partial charge in [-0.3, -0.25) is 4.79 Å². The Labute approximate surface area is 159 Å². The molecule has 26 heavy (non-hydrogen) atoms. The smallest absolute Gasteiger partial charge is 0.265 e. The van der Waals surface area contributed by atoms with Crippen molar-refractivity contribution < 1.29 is 9.53 Å². The number of hydrogen-bond donors (Lipinski definition) is 1. The van der Waals surface area contributed by atoms with E-state index < -0.39 is 0 Å². The molecule has 130 valence electrons. The van der Waals surface area contributed by atoms with Crippen LogP contribution in [0, 0.1) is 6.92 Å². The minimum absolute atomic E-state index is 0.194. The molecule has 0 aliphatic rings. The number of ether oxygens (including phenoxy) is 1. The van der Waals surface area contributed by atoms with Gasteiger partial charge in [0.2, 0.25) is 0 Å². The number of nitrogens with zero attached hydrogens (tertiary/aromatic N) is 1. The molecule has 0 aliphatic carbocycles. The van der Waals surface area contributed by atoms with Crippen LogP contribution in [-0.4, -0.2) is 18.0 Å². The Morgan fingerprint density at radius 3 is 2.73 bits per heavy atom. The number of methoxy groups -OCH3 is 1. The summed E-state index contributed by atoms with van der Waals surface area (Å²) < 4.78 is 5.25. The zero-order valence-corrected chi connectivity index (χ0v) is 15.7. The summed E-state index contributed by atoms with van der Waals surface area (Å²) in [5.41, 5.74) is 2.48. The molecule has 0 atom stereocenters. The fourth-order valence-electron chi connectivity index (χ4n) is 2.75. The van der Waals surface area contributed by atoms with Crippen molar-refractivity contribution in [3.8, 4) is 5.75 Å². The van der Waals surface area contributed by atoms with E-state index in [1.54, 1.807) is 7.11 Å². The van der Waals surface area contributed by atoms with Crippen LogP contribution in [0.2, 0.25) is 5.02 Å². The van der Waals surface area contributed by atoms with Gasteiger partial charge in [0.1, 0.15) is 10.6 Å². The Bertz CT molecular complexity index is 1150. The lowest BCUT2D eigenvalue weighted by molar-refractivity contribution is 0.103. The zero-order valence-electron chi connectivity index (χ0n) is 14.2. The van der Waals surface area contributed by atoms with Crippen molar-refractivity contribution in [2.75, 3.05) is 12.4 Å². The Hall–Kier alpha value is -2.63. The van der Waals surface area contributed by atoms with Crippen molar-refractivity contribution in [1.29, 1.82) is 0 Å². The molecule has 0 radical (unpaired) electrons. The average molecular weight is 383 g/mol. The zero-order chi connectivity index (χ0) is 18.3. The molecular formula is C20H15ClN2O2S. The number of fused-ring (bicyclic) bond motifs is 2. The standard InChI is InChI=1S/C20H15ClN2O2S/c1-11-3-6-16(15(21)7-11)22-19(24)18-9-13-8-12-4-5-14(25-2)10-17(12)23-20(13)26-18/h3-10H,1-2H3,(H,22,24). The van der Waals surface area contributed by atoms with E-state index in [4.69, 9.17) is 16.3 Å². The van der Waals surface area contributed by atoms with E-state index >= 15 is 0 Å². The number of pyridine rings is 1. The van der Waals surface area contributed by atoms with Crippen molar-refractivity contribution in [3.63, 3.8) is 0 Å². The third kappa shape index (κ3) is 3.11. The van der Waals surface area contributed by atoms with Crippen LogP contribution in [0.1, 0.15) is 15.2 Å². The maximum atomic E-state index is 12.6. The van der Waals surface area contributed by atoms with Gasteiger partial charge in [-0.15, -0.1) is 11.3 Å². The second-order valence-corrected chi connectivity index (χ2v) is 7.43. The van der Waals surface area contributed by atoms with Crippen LogP contribution in [0.4, 0.5) is 5.69 Å². The maximum absolute atomic E-state index is 12.6. The van der Waals surface area contributed by atoms with E-state index in [2.05, 4.69) is 10.3 Å². The van der Waals surface area contributed by atoms with E-state index in [0.717, 1.165) is 32.4 Å². The molecule has 4 rings (SSSR count). The second kappa shape index (κ2) is 6.59. The predicted molar refractivity (Wildman–Crippen MR) is 108 cm³/mol. The van der Waals surface area contributed by atoms with Crippen LogP contribution < -0.4 is 10.1 Å². The molecule has 0 spiro atoms. The highest BCUT2D eigenvalue weighted by atomic mass is 35.5. The van der Waals surface area contributed by atoms with Gasteiger partial charge in [-0.05, 0) is 48.9 Å². The van der Waals surface area contributed by atoms with Crippen molar-refractivity contribution in [1.82, 2.24) is 4.98 Å². The minimum atomic E-state index is -0.194. The van der Waals surface area contributed by atoms with Gasteiger partial charge in [-0.1, -0.05) is 17.7 Å². The molecule has 4 aromatic rings. The molecule has 0 fully saturated rings.